The first kappa shape index (κ1) is 21.8. The largest absolute Gasteiger partial charge is 0.370 e. The molecule has 2 aromatic heterocycles. The zero-order chi connectivity index (χ0) is 20.9. The van der Waals surface area contributed by atoms with Gasteiger partial charge in [0.2, 0.25) is 0 Å². The molecule has 0 unspecified atom stereocenters. The van der Waals surface area contributed by atoms with Gasteiger partial charge in [-0.25, -0.2) is 14.8 Å². The zero-order valence-corrected chi connectivity index (χ0v) is 17.0. The molecule has 2 heterocycles. The van der Waals surface area contributed by atoms with Crippen molar-refractivity contribution >= 4 is 23.2 Å². The van der Waals surface area contributed by atoms with E-state index >= 15 is 0 Å². The normalized spacial score (nSPS) is 11.4. The Bertz CT molecular complexity index is 1140. The second-order valence-electron chi connectivity index (χ2n) is 7.09. The third kappa shape index (κ3) is 4.83. The third-order valence-corrected chi connectivity index (χ3v) is 5.04. The molecule has 0 bridgehead atoms. The minimum atomic E-state index is -0.218. The summed E-state index contributed by atoms with van der Waals surface area (Å²) in [5.74, 6) is 0.968. The van der Waals surface area contributed by atoms with Crippen molar-refractivity contribution in [3.8, 4) is 11.3 Å². The van der Waals surface area contributed by atoms with Gasteiger partial charge in [-0.1, -0.05) is 56.8 Å². The number of amides is 2. The van der Waals surface area contributed by atoms with E-state index in [2.05, 4.69) is 45.0 Å². The number of benzene rings is 2. The monoisotopic (exact) mass is 416 g/mol. The van der Waals surface area contributed by atoms with Gasteiger partial charge in [-0.2, -0.15) is 0 Å². The smallest absolute Gasteiger partial charge is 0.319 e. The molecule has 3 N–H and O–H groups in total. The number of carbonyl (C=O) groups excluding carboxylic acids is 1. The standard InChI is InChI=1S/C23H24N6O.CH4/c1-16(17-6-4-3-5-7-17)14-27-23(30)28-19-10-8-18(9-11-19)20-15-26-22-21(24-2)25-12-13-29(20)22;/h3-13,15-16H,14H2,1-2H3,(H,24,25)(H2,27,28,30);1H4/t16-;/m1./s1. The minimum Gasteiger partial charge on any atom is -0.370 e. The van der Waals surface area contributed by atoms with Crippen molar-refractivity contribution in [1.29, 1.82) is 0 Å². The van der Waals surface area contributed by atoms with Gasteiger partial charge in [0.25, 0.3) is 0 Å². The summed E-state index contributed by atoms with van der Waals surface area (Å²) in [6.45, 7) is 2.66. The van der Waals surface area contributed by atoms with Crippen molar-refractivity contribution < 1.29 is 4.79 Å². The predicted octanol–water partition coefficient (Wildman–Crippen LogP) is 5.00. The maximum absolute atomic E-state index is 12.3. The number of nitrogens with one attached hydrogen (secondary N) is 3. The Morgan fingerprint density at radius 2 is 1.81 bits per heavy atom. The Kier molecular flexibility index (Phi) is 6.87. The van der Waals surface area contributed by atoms with Crippen molar-refractivity contribution in [2.45, 2.75) is 20.3 Å². The van der Waals surface area contributed by atoms with E-state index in [0.29, 0.717) is 6.54 Å². The summed E-state index contributed by atoms with van der Waals surface area (Å²) >= 11 is 0. The molecule has 0 aliphatic carbocycles. The van der Waals surface area contributed by atoms with Gasteiger partial charge in [0.05, 0.1) is 11.9 Å². The molecule has 4 aromatic rings. The number of carbonyl (C=O) groups is 1. The molecular formula is C24H28N6O. The van der Waals surface area contributed by atoms with Gasteiger partial charge < -0.3 is 16.0 Å². The van der Waals surface area contributed by atoms with E-state index in [4.69, 9.17) is 0 Å². The molecule has 0 fully saturated rings. The number of imidazole rings is 1. The summed E-state index contributed by atoms with van der Waals surface area (Å²) in [4.78, 5) is 21.0. The second kappa shape index (κ2) is 9.75. The highest BCUT2D eigenvalue weighted by Gasteiger charge is 2.10. The van der Waals surface area contributed by atoms with Gasteiger partial charge in [0.15, 0.2) is 11.5 Å². The van der Waals surface area contributed by atoms with Crippen LogP contribution >= 0.6 is 0 Å². The Labute approximate surface area is 182 Å². The number of anilines is 2. The molecule has 0 aliphatic heterocycles. The highest BCUT2D eigenvalue weighted by Crippen LogP contribution is 2.24. The lowest BCUT2D eigenvalue weighted by Crippen LogP contribution is -2.31. The lowest BCUT2D eigenvalue weighted by molar-refractivity contribution is 0.251. The summed E-state index contributed by atoms with van der Waals surface area (Å²) < 4.78 is 1.99. The fraction of sp³-hybridized carbons (Fsp3) is 0.208. The van der Waals surface area contributed by atoms with Crippen LogP contribution in [-0.2, 0) is 0 Å². The van der Waals surface area contributed by atoms with Crippen LogP contribution < -0.4 is 16.0 Å². The summed E-state index contributed by atoms with van der Waals surface area (Å²) in [6, 6.07) is 17.6. The van der Waals surface area contributed by atoms with Crippen molar-refractivity contribution in [1.82, 2.24) is 19.7 Å². The van der Waals surface area contributed by atoms with Gasteiger partial charge in [-0.15, -0.1) is 0 Å². The molecule has 0 radical (unpaired) electrons. The average molecular weight is 417 g/mol. The highest BCUT2D eigenvalue weighted by molar-refractivity contribution is 5.89. The third-order valence-electron chi connectivity index (χ3n) is 5.04. The maximum Gasteiger partial charge on any atom is 0.319 e. The first-order valence-corrected chi connectivity index (χ1v) is 9.86. The maximum atomic E-state index is 12.3. The lowest BCUT2D eigenvalue weighted by atomic mass is 10.0. The van der Waals surface area contributed by atoms with E-state index < -0.39 is 0 Å². The van der Waals surface area contributed by atoms with Crippen LogP contribution in [0.3, 0.4) is 0 Å². The van der Waals surface area contributed by atoms with Gasteiger partial charge >= 0.3 is 6.03 Å². The van der Waals surface area contributed by atoms with Crippen molar-refractivity contribution in [2.24, 2.45) is 0 Å². The first-order chi connectivity index (χ1) is 14.7. The molecule has 7 nitrogen and oxygen atoms in total. The Balaban J connectivity index is 0.00000272. The average Bonchev–Trinajstić information content (AvgIpc) is 3.23. The predicted molar refractivity (Wildman–Crippen MR) is 127 cm³/mol. The van der Waals surface area contributed by atoms with Crippen molar-refractivity contribution in [2.75, 3.05) is 24.2 Å². The van der Waals surface area contributed by atoms with Crippen LogP contribution in [-0.4, -0.2) is 34.0 Å². The van der Waals surface area contributed by atoms with E-state index in [1.165, 1.54) is 5.56 Å². The van der Waals surface area contributed by atoms with Crippen LogP contribution in [0.2, 0.25) is 0 Å². The van der Waals surface area contributed by atoms with Crippen molar-refractivity contribution in [3.05, 3.63) is 78.8 Å². The first-order valence-electron chi connectivity index (χ1n) is 9.86. The number of rotatable bonds is 6. The van der Waals surface area contributed by atoms with Gasteiger partial charge in [0.1, 0.15) is 0 Å². The molecule has 2 aromatic carbocycles. The fourth-order valence-corrected chi connectivity index (χ4v) is 3.35. The van der Waals surface area contributed by atoms with Crippen LogP contribution in [0.5, 0.6) is 0 Å². The lowest BCUT2D eigenvalue weighted by Gasteiger charge is -2.14. The van der Waals surface area contributed by atoms with Gasteiger partial charge in [-0.05, 0) is 23.6 Å². The molecule has 0 spiro atoms. The molecule has 0 saturated heterocycles. The van der Waals surface area contributed by atoms with Crippen LogP contribution in [0.25, 0.3) is 16.9 Å². The number of fused-ring (bicyclic) bond motifs is 1. The zero-order valence-electron chi connectivity index (χ0n) is 17.0. The Hall–Kier alpha value is -3.87. The van der Waals surface area contributed by atoms with Crippen LogP contribution in [0.15, 0.2) is 73.2 Å². The van der Waals surface area contributed by atoms with E-state index in [-0.39, 0.29) is 19.4 Å². The van der Waals surface area contributed by atoms with E-state index in [9.17, 15) is 4.79 Å². The molecule has 160 valence electrons. The summed E-state index contributed by atoms with van der Waals surface area (Å²) in [5.41, 5.74) is 4.65. The van der Waals surface area contributed by atoms with Gasteiger partial charge in [-0.3, -0.25) is 4.40 Å². The number of nitrogens with zero attached hydrogens (tertiary/aromatic N) is 3. The van der Waals surface area contributed by atoms with E-state index in [0.717, 1.165) is 28.4 Å². The molecule has 7 heteroatoms. The molecule has 0 aliphatic rings. The topological polar surface area (TPSA) is 83.3 Å². The summed E-state index contributed by atoms with van der Waals surface area (Å²) in [7, 11) is 1.82. The number of urea groups is 1. The van der Waals surface area contributed by atoms with Crippen LogP contribution in [0.1, 0.15) is 25.8 Å². The van der Waals surface area contributed by atoms with Crippen LogP contribution in [0.4, 0.5) is 16.3 Å². The van der Waals surface area contributed by atoms with E-state index in [1.54, 1.807) is 6.20 Å². The Morgan fingerprint density at radius 1 is 1.06 bits per heavy atom. The molecule has 1 atom stereocenters. The number of hydrogen-bond acceptors (Lipinski definition) is 4. The van der Waals surface area contributed by atoms with Gasteiger partial charge in [0, 0.05) is 37.2 Å². The quantitative estimate of drug-likeness (QED) is 0.413. The second-order valence-corrected chi connectivity index (χ2v) is 7.09. The van der Waals surface area contributed by atoms with Crippen LogP contribution in [0, 0.1) is 0 Å². The summed E-state index contributed by atoms with van der Waals surface area (Å²) in [6.07, 6.45) is 5.44. The number of hydrogen-bond donors (Lipinski definition) is 3. The van der Waals surface area contributed by atoms with Crippen molar-refractivity contribution in [3.63, 3.8) is 0 Å². The SMILES string of the molecule is C.CNc1nccn2c(-c3ccc(NC(=O)NC[C@@H](C)c4ccccc4)cc3)cnc12. The molecule has 2 amide bonds. The number of aromatic nitrogens is 3. The Morgan fingerprint density at radius 3 is 2.52 bits per heavy atom. The molecule has 4 rings (SSSR count). The highest BCUT2D eigenvalue weighted by atomic mass is 16.2. The summed E-state index contributed by atoms with van der Waals surface area (Å²) in [5, 5.41) is 8.86. The molecular weight excluding hydrogens is 388 g/mol. The fourth-order valence-electron chi connectivity index (χ4n) is 3.35. The van der Waals surface area contributed by atoms with E-state index in [1.807, 2.05) is 66.3 Å². The molecule has 0 saturated carbocycles. The minimum absolute atomic E-state index is 0. The molecule has 31 heavy (non-hydrogen) atoms.